The molecule has 44 heavy (non-hydrogen) atoms. The third-order valence-electron chi connectivity index (χ3n) is 14.6. The highest BCUT2D eigenvalue weighted by atomic mass is 16.6. The van der Waals surface area contributed by atoms with Gasteiger partial charge in [0.15, 0.2) is 0 Å². The molecule has 4 fully saturated rings. The van der Waals surface area contributed by atoms with Crippen molar-refractivity contribution in [1.29, 1.82) is 0 Å². The van der Waals surface area contributed by atoms with Gasteiger partial charge in [-0.1, -0.05) is 66.2 Å². The third kappa shape index (κ3) is 4.37. The van der Waals surface area contributed by atoms with Crippen molar-refractivity contribution in [2.45, 2.75) is 139 Å². The van der Waals surface area contributed by atoms with Crippen molar-refractivity contribution in [3.05, 3.63) is 23.3 Å². The molecule has 4 saturated carbocycles. The van der Waals surface area contributed by atoms with E-state index >= 15 is 0 Å². The lowest BCUT2D eigenvalue weighted by atomic mass is 9.33. The first-order valence-electron chi connectivity index (χ1n) is 17.0. The number of rotatable bonds is 4. The predicted octanol–water partition coefficient (Wildman–Crippen LogP) is 6.14. The number of carbonyl (C=O) groups excluding carboxylic acids is 2. The van der Waals surface area contributed by atoms with Crippen molar-refractivity contribution >= 4 is 11.9 Å². The van der Waals surface area contributed by atoms with E-state index in [-0.39, 0.29) is 40.3 Å². The summed E-state index contributed by atoms with van der Waals surface area (Å²) in [7, 11) is 0. The van der Waals surface area contributed by atoms with E-state index in [1.54, 1.807) is 19.9 Å². The lowest BCUT2D eigenvalue weighted by Crippen LogP contribution is -2.72. The van der Waals surface area contributed by atoms with Crippen LogP contribution in [0.3, 0.4) is 0 Å². The highest BCUT2D eigenvalue weighted by Crippen LogP contribution is 2.76. The molecule has 5 rings (SSSR count). The van der Waals surface area contributed by atoms with E-state index in [4.69, 9.17) is 9.47 Å². The molecule has 7 nitrogen and oxygen atoms in total. The van der Waals surface area contributed by atoms with Gasteiger partial charge in [0.25, 0.3) is 0 Å². The van der Waals surface area contributed by atoms with Gasteiger partial charge in [-0.05, 0) is 98.2 Å². The highest BCUT2D eigenvalue weighted by molar-refractivity contribution is 5.87. The maximum absolute atomic E-state index is 13.1. The molecule has 0 radical (unpaired) electrons. The SMILES string of the molecule is CC=C(C)C(=O)OC1C(OC(C)=O)C2(CO)C(O)CC3(C)C(=CCC4C5(C)CCC(O)C(C)(C)C5CCC43C)C2CC1(C)C. The average Bonchev–Trinajstić information content (AvgIpc) is 2.92. The molecule has 0 aromatic heterocycles. The number of hydrogen-bond donors (Lipinski definition) is 3. The Labute approximate surface area is 264 Å². The Morgan fingerprint density at radius 2 is 1.57 bits per heavy atom. The number of esters is 2. The first-order chi connectivity index (χ1) is 20.3. The standard InChI is InChI=1S/C37H58O7/c1-11-21(2)31(42)44-29-30(43-22(3)39)37(20-38)24(18-32(29,4)5)23-12-13-26-34(8)16-15-27(40)33(6,7)25(34)14-17-35(26,9)36(23,10)19-28(37)41/h11-12,24-30,38,40-41H,13-20H2,1-10H3. The van der Waals surface area contributed by atoms with E-state index in [1.165, 1.54) is 12.5 Å². The van der Waals surface area contributed by atoms with Crippen LogP contribution in [0.4, 0.5) is 0 Å². The van der Waals surface area contributed by atoms with Gasteiger partial charge in [0.2, 0.25) is 0 Å². The van der Waals surface area contributed by atoms with E-state index in [0.717, 1.165) is 32.1 Å². The van der Waals surface area contributed by atoms with Gasteiger partial charge in [0, 0.05) is 17.9 Å². The van der Waals surface area contributed by atoms with Gasteiger partial charge in [-0.15, -0.1) is 0 Å². The van der Waals surface area contributed by atoms with Crippen molar-refractivity contribution in [2.24, 2.45) is 50.2 Å². The summed E-state index contributed by atoms with van der Waals surface area (Å²) in [6, 6.07) is 0. The van der Waals surface area contributed by atoms with E-state index in [0.29, 0.717) is 30.3 Å². The van der Waals surface area contributed by atoms with Gasteiger partial charge in [0.05, 0.1) is 24.2 Å². The summed E-state index contributed by atoms with van der Waals surface area (Å²) in [6.07, 6.45) is 6.76. The van der Waals surface area contributed by atoms with Crippen LogP contribution in [0.5, 0.6) is 0 Å². The second-order valence-electron chi connectivity index (χ2n) is 17.2. The molecule has 3 N–H and O–H groups in total. The minimum Gasteiger partial charge on any atom is -0.458 e. The minimum atomic E-state index is -1.21. The van der Waals surface area contributed by atoms with Crippen LogP contribution in [0.2, 0.25) is 0 Å². The fourth-order valence-electron chi connectivity index (χ4n) is 11.7. The molecule has 5 aliphatic rings. The molecule has 7 heteroatoms. The number of hydrogen-bond acceptors (Lipinski definition) is 7. The summed E-state index contributed by atoms with van der Waals surface area (Å²) < 4.78 is 12.2. The summed E-state index contributed by atoms with van der Waals surface area (Å²) >= 11 is 0. The van der Waals surface area contributed by atoms with E-state index in [1.807, 2.05) is 13.8 Å². The zero-order valence-corrected chi connectivity index (χ0v) is 28.8. The second kappa shape index (κ2) is 10.7. The Morgan fingerprint density at radius 3 is 2.16 bits per heavy atom. The first kappa shape index (κ1) is 33.7. The largest absolute Gasteiger partial charge is 0.458 e. The summed E-state index contributed by atoms with van der Waals surface area (Å²) in [5.74, 6) is -0.463. The molecule has 0 aromatic rings. The number of aliphatic hydroxyl groups excluding tert-OH is 3. The van der Waals surface area contributed by atoms with E-state index in [9.17, 15) is 24.9 Å². The van der Waals surface area contributed by atoms with Crippen LogP contribution in [0, 0.1) is 50.2 Å². The first-order valence-corrected chi connectivity index (χ1v) is 17.0. The maximum Gasteiger partial charge on any atom is 0.333 e. The zero-order valence-electron chi connectivity index (χ0n) is 28.8. The molecular weight excluding hydrogens is 556 g/mol. The number of allylic oxidation sites excluding steroid dienone is 3. The number of ether oxygens (including phenoxy) is 2. The quantitative estimate of drug-likeness (QED) is 0.198. The molecule has 11 atom stereocenters. The van der Waals surface area contributed by atoms with Crippen LogP contribution in [-0.2, 0) is 19.1 Å². The number of fused-ring (bicyclic) bond motifs is 7. The summed E-state index contributed by atoms with van der Waals surface area (Å²) in [5.41, 5.74) is -0.624. The summed E-state index contributed by atoms with van der Waals surface area (Å²) in [4.78, 5) is 25.7. The van der Waals surface area contributed by atoms with Crippen LogP contribution in [0.25, 0.3) is 0 Å². The van der Waals surface area contributed by atoms with Crippen LogP contribution < -0.4 is 0 Å². The molecule has 0 heterocycles. The number of carbonyl (C=O) groups is 2. The predicted molar refractivity (Wildman–Crippen MR) is 169 cm³/mol. The Bertz CT molecular complexity index is 1250. The fraction of sp³-hybridized carbons (Fsp3) is 0.838. The molecule has 0 saturated heterocycles. The molecule has 0 aromatic carbocycles. The van der Waals surface area contributed by atoms with Gasteiger partial charge in [-0.3, -0.25) is 4.79 Å². The van der Waals surface area contributed by atoms with Gasteiger partial charge >= 0.3 is 11.9 Å². The van der Waals surface area contributed by atoms with Crippen LogP contribution in [0.15, 0.2) is 23.3 Å². The fourth-order valence-corrected chi connectivity index (χ4v) is 11.7. The van der Waals surface area contributed by atoms with Crippen LogP contribution in [-0.4, -0.2) is 58.3 Å². The minimum absolute atomic E-state index is 0.0628. The van der Waals surface area contributed by atoms with Crippen molar-refractivity contribution in [1.82, 2.24) is 0 Å². The molecule has 0 aliphatic heterocycles. The zero-order chi connectivity index (χ0) is 32.8. The van der Waals surface area contributed by atoms with Gasteiger partial charge in [-0.2, -0.15) is 0 Å². The lowest BCUT2D eigenvalue weighted by molar-refractivity contribution is -0.265. The maximum atomic E-state index is 13.1. The van der Waals surface area contributed by atoms with E-state index in [2.05, 4.69) is 40.7 Å². The average molecular weight is 615 g/mol. The van der Waals surface area contributed by atoms with Crippen molar-refractivity contribution in [2.75, 3.05) is 6.61 Å². The summed E-state index contributed by atoms with van der Waals surface area (Å²) in [5, 5.41) is 34.7. The van der Waals surface area contributed by atoms with Crippen molar-refractivity contribution in [3.63, 3.8) is 0 Å². The van der Waals surface area contributed by atoms with Crippen LogP contribution >= 0.6 is 0 Å². The Hall–Kier alpha value is -1.70. The molecular formula is C37H58O7. The Kier molecular flexibility index (Phi) is 8.16. The van der Waals surface area contributed by atoms with Gasteiger partial charge in [0.1, 0.15) is 12.2 Å². The van der Waals surface area contributed by atoms with Crippen LogP contribution in [0.1, 0.15) is 114 Å². The molecule has 0 bridgehead atoms. The Morgan fingerprint density at radius 1 is 0.909 bits per heavy atom. The molecule has 5 aliphatic carbocycles. The Balaban J connectivity index is 1.63. The van der Waals surface area contributed by atoms with E-state index < -0.39 is 41.1 Å². The normalized spacial score (nSPS) is 47.6. The highest BCUT2D eigenvalue weighted by Gasteiger charge is 2.73. The molecule has 248 valence electrons. The van der Waals surface area contributed by atoms with Gasteiger partial charge < -0.3 is 24.8 Å². The van der Waals surface area contributed by atoms with Crippen molar-refractivity contribution < 1.29 is 34.4 Å². The third-order valence-corrected chi connectivity index (χ3v) is 14.6. The molecule has 11 unspecified atom stereocenters. The molecule has 0 spiro atoms. The van der Waals surface area contributed by atoms with Gasteiger partial charge in [-0.25, -0.2) is 4.79 Å². The topological polar surface area (TPSA) is 113 Å². The smallest absolute Gasteiger partial charge is 0.333 e. The number of aliphatic hydroxyl groups is 3. The monoisotopic (exact) mass is 614 g/mol. The van der Waals surface area contributed by atoms with Crippen molar-refractivity contribution in [3.8, 4) is 0 Å². The second-order valence-corrected chi connectivity index (χ2v) is 17.2. The molecule has 0 amide bonds. The lowest BCUT2D eigenvalue weighted by Gasteiger charge is -2.72. The summed E-state index contributed by atoms with van der Waals surface area (Å²) in [6.45, 7) is 20.2.